The molecule has 0 aliphatic heterocycles. The molecule has 1 fully saturated rings. The van der Waals surface area contributed by atoms with Crippen LogP contribution in [0.25, 0.3) is 0 Å². The molecule has 1 heterocycles. The fraction of sp³-hybridized carbons (Fsp3) is 0.615. The van der Waals surface area contributed by atoms with Crippen LogP contribution < -0.4 is 11.3 Å². The van der Waals surface area contributed by atoms with Crippen molar-refractivity contribution in [1.29, 1.82) is 0 Å². The third kappa shape index (κ3) is 3.13. The number of aromatic amines is 1. The lowest BCUT2D eigenvalue weighted by Crippen LogP contribution is -2.54. The van der Waals surface area contributed by atoms with Gasteiger partial charge >= 0.3 is 6.18 Å². The minimum Gasteiger partial charge on any atom is -0.368 e. The van der Waals surface area contributed by atoms with Gasteiger partial charge in [0.2, 0.25) is 5.91 Å². The third-order valence-electron chi connectivity index (χ3n) is 4.09. The van der Waals surface area contributed by atoms with Crippen molar-refractivity contribution in [2.24, 2.45) is 5.73 Å². The van der Waals surface area contributed by atoms with Crippen LogP contribution in [-0.2, 0) is 17.5 Å². The van der Waals surface area contributed by atoms with Crippen molar-refractivity contribution in [2.45, 2.75) is 43.9 Å². The largest absolute Gasteiger partial charge is 0.433 e. The molecule has 22 heavy (non-hydrogen) atoms. The maximum Gasteiger partial charge on any atom is 0.433 e. The summed E-state index contributed by atoms with van der Waals surface area (Å²) in [7, 11) is 1.59. The number of nitrogens with zero attached hydrogens (tertiary/aromatic N) is 2. The van der Waals surface area contributed by atoms with Crippen LogP contribution in [0.4, 0.5) is 13.2 Å². The first-order valence-corrected chi connectivity index (χ1v) is 6.84. The summed E-state index contributed by atoms with van der Waals surface area (Å²) < 4.78 is 38.1. The normalized spacial score (nSPS) is 17.9. The molecule has 3 N–H and O–H groups in total. The van der Waals surface area contributed by atoms with Crippen molar-refractivity contribution in [1.82, 2.24) is 14.9 Å². The molecule has 0 bridgehead atoms. The lowest BCUT2D eigenvalue weighted by molar-refractivity contribution is -0.141. The summed E-state index contributed by atoms with van der Waals surface area (Å²) in [5.74, 6) is -0.656. The highest BCUT2D eigenvalue weighted by Crippen LogP contribution is 2.35. The molecule has 0 aromatic carbocycles. The van der Waals surface area contributed by atoms with Crippen LogP contribution in [0.2, 0.25) is 0 Å². The molecule has 0 atom stereocenters. The summed E-state index contributed by atoms with van der Waals surface area (Å²) >= 11 is 0. The van der Waals surface area contributed by atoms with E-state index < -0.39 is 28.9 Å². The lowest BCUT2D eigenvalue weighted by atomic mass is 9.94. The van der Waals surface area contributed by atoms with E-state index in [1.165, 1.54) is 0 Å². The Labute approximate surface area is 124 Å². The van der Waals surface area contributed by atoms with Crippen molar-refractivity contribution in [3.05, 3.63) is 27.9 Å². The molecule has 1 amide bonds. The third-order valence-corrected chi connectivity index (χ3v) is 4.09. The number of halogens is 3. The molecular weight excluding hydrogens is 301 g/mol. The minimum atomic E-state index is -4.70. The molecule has 1 aliphatic rings. The quantitative estimate of drug-likeness (QED) is 0.867. The minimum absolute atomic E-state index is 0.0951. The maximum atomic E-state index is 12.7. The maximum absolute atomic E-state index is 12.7. The molecule has 1 aromatic rings. The molecule has 6 nitrogen and oxygen atoms in total. The Hall–Kier alpha value is -1.90. The molecule has 0 unspecified atom stereocenters. The SMILES string of the molecule is CN(Cc1nc(C(F)(F)F)cc(=O)[nH]1)C1(C(N)=O)CCCC1. The van der Waals surface area contributed by atoms with Crippen LogP contribution in [0.5, 0.6) is 0 Å². The monoisotopic (exact) mass is 318 g/mol. The van der Waals surface area contributed by atoms with Gasteiger partial charge in [-0.3, -0.25) is 14.5 Å². The van der Waals surface area contributed by atoms with E-state index in [2.05, 4.69) is 9.97 Å². The van der Waals surface area contributed by atoms with E-state index >= 15 is 0 Å². The number of nitrogens with one attached hydrogen (secondary N) is 1. The number of hydrogen-bond acceptors (Lipinski definition) is 4. The number of hydrogen-bond donors (Lipinski definition) is 2. The summed E-state index contributed by atoms with van der Waals surface area (Å²) in [6, 6.07) is 0.406. The Bertz CT molecular complexity index is 620. The van der Waals surface area contributed by atoms with E-state index in [1.54, 1.807) is 11.9 Å². The molecule has 2 rings (SSSR count). The number of rotatable bonds is 4. The van der Waals surface area contributed by atoms with Gasteiger partial charge in [-0.15, -0.1) is 0 Å². The molecule has 1 aromatic heterocycles. The van der Waals surface area contributed by atoms with E-state index in [4.69, 9.17) is 5.73 Å². The van der Waals surface area contributed by atoms with Crippen LogP contribution in [0.1, 0.15) is 37.2 Å². The Morgan fingerprint density at radius 1 is 1.45 bits per heavy atom. The van der Waals surface area contributed by atoms with Gasteiger partial charge in [-0.2, -0.15) is 13.2 Å². The van der Waals surface area contributed by atoms with Gasteiger partial charge in [-0.25, -0.2) is 4.98 Å². The van der Waals surface area contributed by atoms with Gasteiger partial charge in [0, 0.05) is 6.07 Å². The van der Waals surface area contributed by atoms with Gasteiger partial charge in [0.1, 0.15) is 11.4 Å². The predicted octanol–water partition coefficient (Wildman–Crippen LogP) is 1.02. The molecule has 122 valence electrons. The summed E-state index contributed by atoms with van der Waals surface area (Å²) in [6.07, 6.45) is -1.97. The molecule has 1 aliphatic carbocycles. The summed E-state index contributed by atoms with van der Waals surface area (Å²) in [4.78, 5) is 30.4. The van der Waals surface area contributed by atoms with Gasteiger partial charge in [-0.1, -0.05) is 12.8 Å². The van der Waals surface area contributed by atoms with Gasteiger partial charge in [-0.05, 0) is 19.9 Å². The summed E-state index contributed by atoms with van der Waals surface area (Å²) in [5, 5.41) is 0. The van der Waals surface area contributed by atoms with Crippen LogP contribution >= 0.6 is 0 Å². The van der Waals surface area contributed by atoms with Gasteiger partial charge in [0.15, 0.2) is 5.69 Å². The molecule has 9 heteroatoms. The average Bonchev–Trinajstić information content (AvgIpc) is 2.87. The zero-order valence-electron chi connectivity index (χ0n) is 12.0. The van der Waals surface area contributed by atoms with Gasteiger partial charge in [0.05, 0.1) is 6.54 Å². The zero-order chi connectivity index (χ0) is 16.5. The van der Waals surface area contributed by atoms with Crippen LogP contribution in [0.3, 0.4) is 0 Å². The predicted molar refractivity (Wildman–Crippen MR) is 71.7 cm³/mol. The molecule has 0 saturated heterocycles. The number of aromatic nitrogens is 2. The van der Waals surface area contributed by atoms with Gasteiger partial charge in [0.25, 0.3) is 5.56 Å². The second-order valence-corrected chi connectivity index (χ2v) is 5.53. The molecule has 1 saturated carbocycles. The van der Waals surface area contributed by atoms with Crippen LogP contribution in [-0.4, -0.2) is 33.4 Å². The standard InChI is InChI=1S/C13H17F3N4O2/c1-20(12(11(17)22)4-2-3-5-12)7-9-18-8(13(14,15)16)6-10(21)19-9/h6H,2-5,7H2,1H3,(H2,17,22)(H,18,19,21). The average molecular weight is 318 g/mol. The molecular formula is C13H17F3N4O2. The fourth-order valence-corrected chi connectivity index (χ4v) is 2.88. The zero-order valence-corrected chi connectivity index (χ0v) is 12.0. The highest BCUT2D eigenvalue weighted by Gasteiger charge is 2.43. The van der Waals surface area contributed by atoms with E-state index in [-0.39, 0.29) is 12.4 Å². The second kappa shape index (κ2) is 5.71. The number of nitrogens with two attached hydrogens (primary N) is 1. The van der Waals surface area contributed by atoms with E-state index in [0.717, 1.165) is 12.8 Å². The second-order valence-electron chi connectivity index (χ2n) is 5.53. The van der Waals surface area contributed by atoms with Crippen molar-refractivity contribution < 1.29 is 18.0 Å². The fourth-order valence-electron chi connectivity index (χ4n) is 2.88. The summed E-state index contributed by atoms with van der Waals surface area (Å²) in [5.41, 5.74) is 2.43. The van der Waals surface area contributed by atoms with Crippen molar-refractivity contribution in [2.75, 3.05) is 7.05 Å². The van der Waals surface area contributed by atoms with Crippen molar-refractivity contribution in [3.8, 4) is 0 Å². The topological polar surface area (TPSA) is 92.1 Å². The number of primary amides is 1. The first-order chi connectivity index (χ1) is 10.1. The number of likely N-dealkylation sites (N-methyl/N-ethyl adjacent to an activating group) is 1. The lowest BCUT2D eigenvalue weighted by Gasteiger charge is -2.35. The Morgan fingerprint density at radius 3 is 2.55 bits per heavy atom. The molecule has 0 radical (unpaired) electrons. The molecule has 0 spiro atoms. The van der Waals surface area contributed by atoms with Crippen molar-refractivity contribution >= 4 is 5.91 Å². The smallest absolute Gasteiger partial charge is 0.368 e. The Morgan fingerprint density at radius 2 is 2.05 bits per heavy atom. The number of carbonyl (C=O) groups is 1. The van der Waals surface area contributed by atoms with Crippen LogP contribution in [0, 0.1) is 0 Å². The number of alkyl halides is 3. The number of H-pyrrole nitrogens is 1. The number of amides is 1. The first-order valence-electron chi connectivity index (χ1n) is 6.84. The highest BCUT2D eigenvalue weighted by atomic mass is 19.4. The van der Waals surface area contributed by atoms with Crippen molar-refractivity contribution in [3.63, 3.8) is 0 Å². The first kappa shape index (κ1) is 16.5. The van der Waals surface area contributed by atoms with E-state index in [9.17, 15) is 22.8 Å². The number of carbonyl (C=O) groups excluding carboxylic acids is 1. The van der Waals surface area contributed by atoms with Gasteiger partial charge < -0.3 is 10.7 Å². The van der Waals surface area contributed by atoms with E-state index in [1.807, 2.05) is 0 Å². The Balaban J connectivity index is 2.28. The highest BCUT2D eigenvalue weighted by molar-refractivity contribution is 5.84. The van der Waals surface area contributed by atoms with Crippen LogP contribution in [0.15, 0.2) is 10.9 Å². The summed E-state index contributed by atoms with van der Waals surface area (Å²) in [6.45, 7) is -0.0951. The Kier molecular flexibility index (Phi) is 4.28. The van der Waals surface area contributed by atoms with E-state index in [0.29, 0.717) is 18.9 Å².